The third kappa shape index (κ3) is 3.37. The molecular weight excluding hydrogens is 226 g/mol. The van der Waals surface area contributed by atoms with Crippen molar-refractivity contribution in [3.05, 3.63) is 29.8 Å². The standard InChI is InChI=1S/C12H18ClNO2/c1-14(2)10-5-3-9(4-6-10)12(16)11(15)7-8-13/h3-6,11-12,15-16H,7-8H2,1-2H3. The van der Waals surface area contributed by atoms with E-state index >= 15 is 0 Å². The van der Waals surface area contributed by atoms with Crippen molar-refractivity contribution in [3.8, 4) is 0 Å². The fourth-order valence-corrected chi connectivity index (χ4v) is 1.69. The van der Waals surface area contributed by atoms with Crippen molar-refractivity contribution in [1.29, 1.82) is 0 Å². The third-order valence-corrected chi connectivity index (χ3v) is 2.74. The second-order valence-corrected chi connectivity index (χ2v) is 4.35. The summed E-state index contributed by atoms with van der Waals surface area (Å²) in [5, 5.41) is 19.4. The molecule has 0 saturated carbocycles. The summed E-state index contributed by atoms with van der Waals surface area (Å²) in [4.78, 5) is 1.98. The Labute approximate surface area is 101 Å². The first kappa shape index (κ1) is 13.3. The molecule has 0 aliphatic rings. The Morgan fingerprint density at radius 1 is 1.19 bits per heavy atom. The lowest BCUT2D eigenvalue weighted by molar-refractivity contribution is 0.0170. The number of anilines is 1. The van der Waals surface area contributed by atoms with E-state index in [9.17, 15) is 10.2 Å². The number of hydrogen-bond donors (Lipinski definition) is 2. The molecule has 0 heterocycles. The second kappa shape index (κ2) is 6.09. The van der Waals surface area contributed by atoms with Gasteiger partial charge in [0.05, 0.1) is 6.10 Å². The van der Waals surface area contributed by atoms with E-state index in [1.165, 1.54) is 0 Å². The van der Waals surface area contributed by atoms with E-state index in [1.807, 2.05) is 43.3 Å². The highest BCUT2D eigenvalue weighted by molar-refractivity contribution is 6.17. The molecular formula is C12H18ClNO2. The van der Waals surface area contributed by atoms with Crippen LogP contribution >= 0.6 is 11.6 Å². The van der Waals surface area contributed by atoms with E-state index in [2.05, 4.69) is 0 Å². The van der Waals surface area contributed by atoms with Crippen LogP contribution in [0.5, 0.6) is 0 Å². The first-order chi connectivity index (χ1) is 7.56. The first-order valence-electron chi connectivity index (χ1n) is 5.25. The molecule has 2 N–H and O–H groups in total. The lowest BCUT2D eigenvalue weighted by atomic mass is 10.0. The molecule has 3 nitrogen and oxygen atoms in total. The number of hydrogen-bond acceptors (Lipinski definition) is 3. The zero-order valence-corrected chi connectivity index (χ0v) is 10.4. The molecule has 4 heteroatoms. The van der Waals surface area contributed by atoms with E-state index in [-0.39, 0.29) is 0 Å². The Morgan fingerprint density at radius 3 is 2.19 bits per heavy atom. The molecule has 0 amide bonds. The highest BCUT2D eigenvalue weighted by Gasteiger charge is 2.17. The van der Waals surface area contributed by atoms with E-state index in [1.54, 1.807) is 0 Å². The van der Waals surface area contributed by atoms with Gasteiger partial charge >= 0.3 is 0 Å². The molecule has 2 atom stereocenters. The van der Waals surface area contributed by atoms with E-state index in [4.69, 9.17) is 11.6 Å². The van der Waals surface area contributed by atoms with Crippen molar-refractivity contribution < 1.29 is 10.2 Å². The molecule has 90 valence electrons. The van der Waals surface area contributed by atoms with Crippen molar-refractivity contribution in [1.82, 2.24) is 0 Å². The number of rotatable bonds is 5. The zero-order chi connectivity index (χ0) is 12.1. The van der Waals surface area contributed by atoms with Crippen molar-refractivity contribution in [2.24, 2.45) is 0 Å². The predicted molar refractivity (Wildman–Crippen MR) is 67.1 cm³/mol. The highest BCUT2D eigenvalue weighted by atomic mass is 35.5. The number of benzene rings is 1. The predicted octanol–water partition coefficient (Wildman–Crippen LogP) is 1.78. The van der Waals surface area contributed by atoms with Gasteiger partial charge in [0.25, 0.3) is 0 Å². The summed E-state index contributed by atoms with van der Waals surface area (Å²) in [6.07, 6.45) is -1.28. The van der Waals surface area contributed by atoms with Crippen molar-refractivity contribution in [3.63, 3.8) is 0 Å². The van der Waals surface area contributed by atoms with Gasteiger partial charge < -0.3 is 15.1 Å². The molecule has 0 saturated heterocycles. The minimum atomic E-state index is -0.866. The summed E-state index contributed by atoms with van der Waals surface area (Å²) in [5.41, 5.74) is 1.77. The van der Waals surface area contributed by atoms with E-state index in [0.29, 0.717) is 17.9 Å². The van der Waals surface area contributed by atoms with Gasteiger partial charge in [0, 0.05) is 25.7 Å². The average molecular weight is 244 g/mol. The molecule has 0 radical (unpaired) electrons. The van der Waals surface area contributed by atoms with Crippen LogP contribution in [0.4, 0.5) is 5.69 Å². The fraction of sp³-hybridized carbons (Fsp3) is 0.500. The lowest BCUT2D eigenvalue weighted by Gasteiger charge is -2.18. The zero-order valence-electron chi connectivity index (χ0n) is 9.60. The average Bonchev–Trinajstić information content (AvgIpc) is 2.28. The van der Waals surface area contributed by atoms with Crippen LogP contribution in [0.25, 0.3) is 0 Å². The van der Waals surface area contributed by atoms with Gasteiger partial charge in [0.1, 0.15) is 6.10 Å². The van der Waals surface area contributed by atoms with Crippen LogP contribution in [0.3, 0.4) is 0 Å². The number of alkyl halides is 1. The minimum absolute atomic E-state index is 0.341. The van der Waals surface area contributed by atoms with Crippen molar-refractivity contribution in [2.75, 3.05) is 24.9 Å². The van der Waals surface area contributed by atoms with Gasteiger partial charge in [-0.3, -0.25) is 0 Å². The Balaban J connectivity index is 2.73. The smallest absolute Gasteiger partial charge is 0.105 e. The van der Waals surface area contributed by atoms with Crippen LogP contribution in [-0.4, -0.2) is 36.3 Å². The van der Waals surface area contributed by atoms with Gasteiger partial charge in [-0.2, -0.15) is 0 Å². The monoisotopic (exact) mass is 243 g/mol. The van der Waals surface area contributed by atoms with Crippen LogP contribution in [0, 0.1) is 0 Å². The maximum Gasteiger partial charge on any atom is 0.105 e. The number of aliphatic hydroxyl groups excluding tert-OH is 2. The number of aliphatic hydroxyl groups is 2. The summed E-state index contributed by atoms with van der Waals surface area (Å²) in [7, 11) is 3.90. The molecule has 1 aromatic rings. The number of nitrogens with zero attached hydrogens (tertiary/aromatic N) is 1. The quantitative estimate of drug-likeness (QED) is 0.775. The normalized spacial score (nSPS) is 14.6. The molecule has 16 heavy (non-hydrogen) atoms. The second-order valence-electron chi connectivity index (χ2n) is 3.98. The molecule has 2 unspecified atom stereocenters. The van der Waals surface area contributed by atoms with Gasteiger partial charge in [0.2, 0.25) is 0 Å². The van der Waals surface area contributed by atoms with E-state index < -0.39 is 12.2 Å². The topological polar surface area (TPSA) is 43.7 Å². The van der Waals surface area contributed by atoms with Crippen LogP contribution < -0.4 is 4.90 Å². The summed E-state index contributed by atoms with van der Waals surface area (Å²) >= 11 is 5.52. The molecule has 0 fully saturated rings. The van der Waals surface area contributed by atoms with Crippen LogP contribution in [-0.2, 0) is 0 Å². The number of halogens is 1. The van der Waals surface area contributed by atoms with Gasteiger partial charge in [-0.15, -0.1) is 11.6 Å². The molecule has 0 aliphatic carbocycles. The van der Waals surface area contributed by atoms with Gasteiger partial charge in [-0.25, -0.2) is 0 Å². The molecule has 0 bridgehead atoms. The van der Waals surface area contributed by atoms with Gasteiger partial charge in [-0.1, -0.05) is 12.1 Å². The Bertz CT molecular complexity index is 313. The van der Waals surface area contributed by atoms with E-state index in [0.717, 1.165) is 5.69 Å². The summed E-state index contributed by atoms with van der Waals surface area (Å²) < 4.78 is 0. The maximum absolute atomic E-state index is 9.83. The molecule has 0 aromatic heterocycles. The van der Waals surface area contributed by atoms with Crippen molar-refractivity contribution >= 4 is 17.3 Å². The van der Waals surface area contributed by atoms with Crippen molar-refractivity contribution in [2.45, 2.75) is 18.6 Å². The van der Waals surface area contributed by atoms with Gasteiger partial charge in [-0.05, 0) is 24.1 Å². The molecule has 1 rings (SSSR count). The fourth-order valence-electron chi connectivity index (χ4n) is 1.46. The summed E-state index contributed by atoms with van der Waals surface area (Å²) in [6, 6.07) is 7.45. The third-order valence-electron chi connectivity index (χ3n) is 2.52. The highest BCUT2D eigenvalue weighted by Crippen LogP contribution is 2.21. The van der Waals surface area contributed by atoms with Crippen LogP contribution in [0.2, 0.25) is 0 Å². The summed E-state index contributed by atoms with van der Waals surface area (Å²) in [6.45, 7) is 0. The van der Waals surface area contributed by atoms with Gasteiger partial charge in [0.15, 0.2) is 0 Å². The summed E-state index contributed by atoms with van der Waals surface area (Å²) in [5.74, 6) is 0.341. The maximum atomic E-state index is 9.83. The Morgan fingerprint density at radius 2 is 1.75 bits per heavy atom. The SMILES string of the molecule is CN(C)c1ccc(C(O)C(O)CCCl)cc1. The molecule has 0 spiro atoms. The lowest BCUT2D eigenvalue weighted by Crippen LogP contribution is -2.18. The molecule has 0 aliphatic heterocycles. The van der Waals surface area contributed by atoms with Crippen LogP contribution in [0.1, 0.15) is 18.1 Å². The van der Waals surface area contributed by atoms with Crippen LogP contribution in [0.15, 0.2) is 24.3 Å². The Hall–Kier alpha value is -0.770. The largest absolute Gasteiger partial charge is 0.390 e. The minimum Gasteiger partial charge on any atom is -0.390 e. The first-order valence-corrected chi connectivity index (χ1v) is 5.79. The molecule has 1 aromatic carbocycles. The Kier molecular flexibility index (Phi) is 5.06.